The van der Waals surface area contributed by atoms with Gasteiger partial charge in [0.1, 0.15) is 0 Å². The van der Waals surface area contributed by atoms with Gasteiger partial charge in [0.05, 0.1) is 0 Å². The summed E-state index contributed by atoms with van der Waals surface area (Å²) >= 11 is 0.0311. The second kappa shape index (κ2) is 2.60. The molecule has 10 heavy (non-hydrogen) atoms. The van der Waals surface area contributed by atoms with Gasteiger partial charge in [-0.1, -0.05) is 0 Å². The van der Waals surface area contributed by atoms with Crippen molar-refractivity contribution in [3.63, 3.8) is 0 Å². The van der Waals surface area contributed by atoms with Crippen LogP contribution in [0.25, 0.3) is 0 Å². The van der Waals surface area contributed by atoms with Crippen molar-refractivity contribution < 1.29 is 31.3 Å². The van der Waals surface area contributed by atoms with Crippen LogP contribution in [0.1, 0.15) is 0 Å². The Bertz CT molecular complexity index is 202. The Balaban J connectivity index is 2.04. The van der Waals surface area contributed by atoms with Gasteiger partial charge in [0, 0.05) is 0 Å². The third kappa shape index (κ3) is 1.23. The quantitative estimate of drug-likeness (QED) is 0.302. The average molecular weight is 252 g/mol. The number of epoxide rings is 1. The fourth-order valence-corrected chi connectivity index (χ4v) is 2.30. The van der Waals surface area contributed by atoms with Crippen molar-refractivity contribution >= 4 is 6.21 Å². The molecule has 0 bridgehead atoms. The summed E-state index contributed by atoms with van der Waals surface area (Å²) in [6, 6.07) is 0. The van der Waals surface area contributed by atoms with Gasteiger partial charge in [-0.3, -0.25) is 0 Å². The molecule has 56 valence electrons. The molecular weight excluding hydrogens is 245 g/mol. The van der Waals surface area contributed by atoms with Gasteiger partial charge in [0.15, 0.2) is 0 Å². The van der Waals surface area contributed by atoms with E-state index in [1.807, 2.05) is 6.21 Å². The molecule has 4 heteroatoms. The molecule has 1 unspecified atom stereocenters. The minimum absolute atomic E-state index is 0.0311. The molecule has 0 aromatic carbocycles. The number of aliphatic hydroxyl groups excluding tert-OH is 1. The molecule has 2 rings (SSSR count). The number of rotatable bonds is 1. The van der Waals surface area contributed by atoms with Crippen LogP contribution in [0.2, 0.25) is 0 Å². The van der Waals surface area contributed by atoms with Gasteiger partial charge < -0.3 is 0 Å². The molecular formula is C6H7INO2-. The Hall–Kier alpha value is 0.0600. The summed E-state index contributed by atoms with van der Waals surface area (Å²) in [6.45, 7) is 0. The first-order chi connectivity index (χ1) is 4.88. The second-order valence-electron chi connectivity index (χ2n) is 2.15. The van der Waals surface area contributed by atoms with E-state index in [1.165, 1.54) is 0 Å². The molecule has 1 N–H and O–H groups in total. The molecule has 1 fully saturated rings. The monoisotopic (exact) mass is 252 g/mol. The first kappa shape index (κ1) is 6.75. The zero-order valence-corrected chi connectivity index (χ0v) is 7.35. The summed E-state index contributed by atoms with van der Waals surface area (Å²) < 4.78 is 10.1. The summed E-state index contributed by atoms with van der Waals surface area (Å²) in [7, 11) is 0. The third-order valence-corrected chi connectivity index (χ3v) is 2.95. The topological polar surface area (TPSA) is 45.1 Å². The van der Waals surface area contributed by atoms with Gasteiger partial charge in [-0.05, 0) is 0 Å². The zero-order chi connectivity index (χ0) is 6.97. The first-order valence-electron chi connectivity index (χ1n) is 3.03. The Morgan fingerprint density at radius 1 is 1.80 bits per heavy atom. The molecule has 0 aliphatic carbocycles. The van der Waals surface area contributed by atoms with Crippen LogP contribution in [0.5, 0.6) is 0 Å². The number of hydrogen-bond donors (Lipinski definition) is 1. The molecule has 0 aromatic rings. The van der Waals surface area contributed by atoms with Crippen LogP contribution in [0.3, 0.4) is 0 Å². The standard InChI is InChI=1S/C6H7INO2/c9-6-5(10-6)4-1-2-7-8-3-4/h1,3,5-6,9H,2H2/q-1/t5?,6-/m0/s1. The summed E-state index contributed by atoms with van der Waals surface area (Å²) in [6.07, 6.45) is 3.32. The molecule has 2 heterocycles. The number of ether oxygens (including phenoxy) is 1. The van der Waals surface area contributed by atoms with Gasteiger partial charge in [0.2, 0.25) is 0 Å². The predicted molar refractivity (Wildman–Crippen MR) is 32.3 cm³/mol. The van der Waals surface area contributed by atoms with Gasteiger partial charge in [-0.15, -0.1) is 0 Å². The Kier molecular flexibility index (Phi) is 1.75. The Morgan fingerprint density at radius 2 is 2.60 bits per heavy atom. The van der Waals surface area contributed by atoms with E-state index in [0.717, 1.165) is 10.0 Å². The summed E-state index contributed by atoms with van der Waals surface area (Å²) in [5.74, 6) is 0. The van der Waals surface area contributed by atoms with Crippen LogP contribution < -0.4 is 21.5 Å². The van der Waals surface area contributed by atoms with Crippen molar-refractivity contribution in [3.05, 3.63) is 11.6 Å². The van der Waals surface area contributed by atoms with E-state index >= 15 is 0 Å². The number of allylic oxidation sites excluding steroid dienone is 1. The number of hydrogen-bond acceptors (Lipinski definition) is 3. The van der Waals surface area contributed by atoms with Crippen molar-refractivity contribution in [1.82, 2.24) is 0 Å². The molecule has 2 aliphatic heterocycles. The number of nitrogens with zero attached hydrogens (tertiary/aromatic N) is 1. The van der Waals surface area contributed by atoms with Crippen LogP contribution in [0.15, 0.2) is 14.9 Å². The molecule has 3 nitrogen and oxygen atoms in total. The Morgan fingerprint density at radius 3 is 3.10 bits per heavy atom. The van der Waals surface area contributed by atoms with E-state index in [4.69, 9.17) is 9.84 Å². The number of aliphatic hydroxyl groups is 1. The summed E-state index contributed by atoms with van der Waals surface area (Å²) in [5, 5.41) is 8.86. The van der Waals surface area contributed by atoms with Crippen LogP contribution in [-0.4, -0.2) is 28.1 Å². The Labute approximate surface area is 69.4 Å². The van der Waals surface area contributed by atoms with Crippen molar-refractivity contribution in [3.8, 4) is 0 Å². The fraction of sp³-hybridized carbons (Fsp3) is 0.500. The minimum atomic E-state index is -0.561. The zero-order valence-electron chi connectivity index (χ0n) is 5.20. The van der Waals surface area contributed by atoms with E-state index in [9.17, 15) is 0 Å². The molecule has 0 saturated carbocycles. The van der Waals surface area contributed by atoms with Crippen molar-refractivity contribution in [1.29, 1.82) is 0 Å². The number of halogens is 1. The van der Waals surface area contributed by atoms with E-state index in [-0.39, 0.29) is 27.6 Å². The maximum absolute atomic E-state index is 8.86. The molecule has 2 aliphatic rings. The van der Waals surface area contributed by atoms with Crippen molar-refractivity contribution in [2.24, 2.45) is 3.21 Å². The van der Waals surface area contributed by atoms with Gasteiger partial charge in [-0.2, -0.15) is 0 Å². The van der Waals surface area contributed by atoms with Crippen molar-refractivity contribution in [2.75, 3.05) is 4.43 Å². The number of alkyl halides is 1. The second-order valence-corrected chi connectivity index (χ2v) is 4.27. The van der Waals surface area contributed by atoms with E-state index in [1.54, 1.807) is 0 Å². The normalized spacial score (nSPS) is 38.3. The summed E-state index contributed by atoms with van der Waals surface area (Å²) in [5.41, 5.74) is 1.05. The van der Waals surface area contributed by atoms with Crippen molar-refractivity contribution in [2.45, 2.75) is 12.4 Å². The molecule has 0 spiro atoms. The van der Waals surface area contributed by atoms with Crippen LogP contribution in [0.4, 0.5) is 0 Å². The fourth-order valence-electron chi connectivity index (χ4n) is 0.845. The van der Waals surface area contributed by atoms with Crippen LogP contribution in [-0.2, 0) is 4.74 Å². The van der Waals surface area contributed by atoms with E-state index < -0.39 is 6.29 Å². The van der Waals surface area contributed by atoms with E-state index in [2.05, 4.69) is 9.28 Å². The summed E-state index contributed by atoms with van der Waals surface area (Å²) in [4.78, 5) is 0. The molecule has 0 aromatic heterocycles. The first-order valence-corrected chi connectivity index (χ1v) is 5.52. The molecule has 0 radical (unpaired) electrons. The van der Waals surface area contributed by atoms with Gasteiger partial charge in [0.25, 0.3) is 0 Å². The van der Waals surface area contributed by atoms with Crippen LogP contribution in [0, 0.1) is 0 Å². The van der Waals surface area contributed by atoms with Gasteiger partial charge >= 0.3 is 69.2 Å². The average Bonchev–Trinajstić information content (AvgIpc) is 2.69. The van der Waals surface area contributed by atoms with Crippen LogP contribution >= 0.6 is 0 Å². The molecule has 2 atom stereocenters. The van der Waals surface area contributed by atoms with Gasteiger partial charge in [-0.25, -0.2) is 0 Å². The predicted octanol–water partition coefficient (Wildman–Crippen LogP) is -3.28. The third-order valence-electron chi connectivity index (χ3n) is 1.45. The maximum atomic E-state index is 8.86. The molecule has 1 saturated heterocycles. The SMILES string of the molecule is O[C@H]1OC1C1=CC[I-]N=C1. The molecule has 0 amide bonds. The van der Waals surface area contributed by atoms with E-state index in [0.29, 0.717) is 0 Å².